The molecule has 1 saturated heterocycles. The minimum absolute atomic E-state index is 0.265. The van der Waals surface area contributed by atoms with Crippen molar-refractivity contribution in [3.05, 3.63) is 17.8 Å². The van der Waals surface area contributed by atoms with Gasteiger partial charge in [0.25, 0.3) is 5.91 Å². The van der Waals surface area contributed by atoms with E-state index >= 15 is 0 Å². The maximum absolute atomic E-state index is 11.2. The van der Waals surface area contributed by atoms with Gasteiger partial charge in [-0.25, -0.2) is 4.98 Å². The number of nitrogens with one attached hydrogen (secondary N) is 1. The van der Waals surface area contributed by atoms with Gasteiger partial charge < -0.3 is 21.5 Å². The van der Waals surface area contributed by atoms with E-state index < -0.39 is 5.91 Å². The van der Waals surface area contributed by atoms with E-state index in [4.69, 9.17) is 16.2 Å². The molecule has 1 unspecified atom stereocenters. The number of carbonyl (C=O) groups is 1. The molecule has 5 N–H and O–H groups in total. The van der Waals surface area contributed by atoms with Crippen molar-refractivity contribution in [2.75, 3.05) is 24.3 Å². The van der Waals surface area contributed by atoms with Gasteiger partial charge in [-0.3, -0.25) is 4.79 Å². The summed E-state index contributed by atoms with van der Waals surface area (Å²) in [6.07, 6.45) is 3.52. The van der Waals surface area contributed by atoms with Gasteiger partial charge in [-0.1, -0.05) is 0 Å². The molecule has 1 aromatic heterocycles. The van der Waals surface area contributed by atoms with Crippen molar-refractivity contribution in [1.82, 2.24) is 4.98 Å². The van der Waals surface area contributed by atoms with Crippen molar-refractivity contribution in [3.63, 3.8) is 0 Å². The molecule has 0 radical (unpaired) electrons. The fourth-order valence-corrected chi connectivity index (χ4v) is 2.33. The van der Waals surface area contributed by atoms with Crippen molar-refractivity contribution in [2.24, 2.45) is 11.7 Å². The van der Waals surface area contributed by atoms with Crippen LogP contribution in [0.4, 0.5) is 11.5 Å². The van der Waals surface area contributed by atoms with E-state index in [-0.39, 0.29) is 6.04 Å². The molecule has 2 rings (SSSR count). The average Bonchev–Trinajstić information content (AvgIpc) is 2.41. The lowest BCUT2D eigenvalue weighted by molar-refractivity contribution is 0.0622. The summed E-state index contributed by atoms with van der Waals surface area (Å²) in [5, 5.41) is 3.30. The van der Waals surface area contributed by atoms with Crippen LogP contribution in [0.5, 0.6) is 0 Å². The van der Waals surface area contributed by atoms with Crippen LogP contribution in [0.1, 0.15) is 30.1 Å². The number of nitrogens with two attached hydrogens (primary N) is 2. The van der Waals surface area contributed by atoms with Gasteiger partial charge in [0, 0.05) is 19.3 Å². The summed E-state index contributed by atoms with van der Waals surface area (Å²) < 4.78 is 5.35. The van der Waals surface area contributed by atoms with Gasteiger partial charge >= 0.3 is 0 Å². The number of anilines is 2. The standard InChI is InChI=1S/C13H20N4O2/c1-8(9-2-4-19-5-3-9)17-12-6-10(13(15)18)11(14)7-16-12/h6-9H,2-5,14H2,1H3,(H2,15,18)(H,16,17). The van der Waals surface area contributed by atoms with Gasteiger partial charge in [0.2, 0.25) is 0 Å². The minimum atomic E-state index is -0.540. The Kier molecular flexibility index (Phi) is 4.21. The van der Waals surface area contributed by atoms with Crippen LogP contribution in [0, 0.1) is 5.92 Å². The second-order valence-electron chi connectivity index (χ2n) is 4.90. The molecule has 0 spiro atoms. The van der Waals surface area contributed by atoms with Crippen LogP contribution in [0.15, 0.2) is 12.3 Å². The number of rotatable bonds is 4. The molecule has 1 aromatic rings. The van der Waals surface area contributed by atoms with Gasteiger partial charge in [-0.15, -0.1) is 0 Å². The number of amides is 1. The van der Waals surface area contributed by atoms with Gasteiger partial charge in [0.1, 0.15) is 5.82 Å². The Morgan fingerprint density at radius 3 is 2.84 bits per heavy atom. The van der Waals surface area contributed by atoms with E-state index in [9.17, 15) is 4.79 Å². The number of ether oxygens (including phenoxy) is 1. The van der Waals surface area contributed by atoms with Gasteiger partial charge in [-0.05, 0) is 31.7 Å². The molecular weight excluding hydrogens is 244 g/mol. The Morgan fingerprint density at radius 1 is 1.53 bits per heavy atom. The number of hydrogen-bond acceptors (Lipinski definition) is 5. The summed E-state index contributed by atoms with van der Waals surface area (Å²) in [6.45, 7) is 3.72. The second-order valence-corrected chi connectivity index (χ2v) is 4.90. The first-order chi connectivity index (χ1) is 9.08. The predicted molar refractivity (Wildman–Crippen MR) is 73.8 cm³/mol. The summed E-state index contributed by atoms with van der Waals surface area (Å²) in [4.78, 5) is 15.4. The maximum Gasteiger partial charge on any atom is 0.250 e. The molecule has 0 aromatic carbocycles. The molecule has 19 heavy (non-hydrogen) atoms. The predicted octanol–water partition coefficient (Wildman–Crippen LogP) is 0.990. The lowest BCUT2D eigenvalue weighted by Gasteiger charge is -2.28. The van der Waals surface area contributed by atoms with Gasteiger partial charge in [-0.2, -0.15) is 0 Å². The first-order valence-corrected chi connectivity index (χ1v) is 6.47. The molecule has 1 aliphatic rings. The monoisotopic (exact) mass is 264 g/mol. The first kappa shape index (κ1) is 13.6. The van der Waals surface area contributed by atoms with Crippen LogP contribution in [0.25, 0.3) is 0 Å². The van der Waals surface area contributed by atoms with Crippen LogP contribution < -0.4 is 16.8 Å². The van der Waals surface area contributed by atoms with Crippen molar-refractivity contribution >= 4 is 17.4 Å². The van der Waals surface area contributed by atoms with Crippen LogP contribution in [0.2, 0.25) is 0 Å². The third-order valence-corrected chi connectivity index (χ3v) is 3.55. The second kappa shape index (κ2) is 5.88. The summed E-state index contributed by atoms with van der Waals surface area (Å²) in [5.74, 6) is 0.633. The van der Waals surface area contributed by atoms with E-state index in [1.165, 1.54) is 6.20 Å². The largest absolute Gasteiger partial charge is 0.397 e. The quantitative estimate of drug-likeness (QED) is 0.752. The molecule has 0 aliphatic carbocycles. The van der Waals surface area contributed by atoms with E-state index in [0.29, 0.717) is 23.0 Å². The number of primary amides is 1. The molecule has 1 atom stereocenters. The van der Waals surface area contributed by atoms with Crippen molar-refractivity contribution in [1.29, 1.82) is 0 Å². The Balaban J connectivity index is 2.05. The number of nitrogens with zero attached hydrogens (tertiary/aromatic N) is 1. The highest BCUT2D eigenvalue weighted by atomic mass is 16.5. The number of carbonyl (C=O) groups excluding carboxylic acids is 1. The van der Waals surface area contributed by atoms with E-state index in [1.54, 1.807) is 6.07 Å². The zero-order chi connectivity index (χ0) is 13.8. The fraction of sp³-hybridized carbons (Fsp3) is 0.538. The molecular formula is C13H20N4O2. The third kappa shape index (κ3) is 3.35. The maximum atomic E-state index is 11.2. The molecule has 1 aliphatic heterocycles. The van der Waals surface area contributed by atoms with Crippen LogP contribution in [0.3, 0.4) is 0 Å². The first-order valence-electron chi connectivity index (χ1n) is 6.47. The van der Waals surface area contributed by atoms with Gasteiger partial charge in [0.05, 0.1) is 17.4 Å². The molecule has 2 heterocycles. The molecule has 6 heteroatoms. The zero-order valence-corrected chi connectivity index (χ0v) is 11.1. The highest BCUT2D eigenvalue weighted by Crippen LogP contribution is 2.22. The SMILES string of the molecule is CC(Nc1cc(C(N)=O)c(N)cn1)C1CCOCC1. The molecule has 1 fully saturated rings. The third-order valence-electron chi connectivity index (χ3n) is 3.55. The average molecular weight is 264 g/mol. The smallest absolute Gasteiger partial charge is 0.250 e. The highest BCUT2D eigenvalue weighted by Gasteiger charge is 2.21. The Bertz CT molecular complexity index is 458. The van der Waals surface area contributed by atoms with E-state index in [1.807, 2.05) is 0 Å². The summed E-state index contributed by atoms with van der Waals surface area (Å²) in [5.41, 5.74) is 11.5. The number of aromatic nitrogens is 1. The zero-order valence-electron chi connectivity index (χ0n) is 11.1. The fourth-order valence-electron chi connectivity index (χ4n) is 2.33. The van der Waals surface area contributed by atoms with Crippen LogP contribution in [-0.4, -0.2) is 30.1 Å². The van der Waals surface area contributed by atoms with Crippen molar-refractivity contribution in [3.8, 4) is 0 Å². The van der Waals surface area contributed by atoms with Crippen molar-refractivity contribution in [2.45, 2.75) is 25.8 Å². The number of pyridine rings is 1. The van der Waals surface area contributed by atoms with Crippen molar-refractivity contribution < 1.29 is 9.53 Å². The summed E-state index contributed by atoms with van der Waals surface area (Å²) in [6, 6.07) is 1.87. The number of nitrogen functional groups attached to an aromatic ring is 1. The van der Waals surface area contributed by atoms with Crippen LogP contribution in [-0.2, 0) is 4.74 Å². The summed E-state index contributed by atoms with van der Waals surface area (Å²) >= 11 is 0. The summed E-state index contributed by atoms with van der Waals surface area (Å²) in [7, 11) is 0. The lowest BCUT2D eigenvalue weighted by Crippen LogP contribution is -2.31. The minimum Gasteiger partial charge on any atom is -0.397 e. The van der Waals surface area contributed by atoms with Crippen LogP contribution >= 0.6 is 0 Å². The van der Waals surface area contributed by atoms with Gasteiger partial charge in [0.15, 0.2) is 0 Å². The molecule has 0 saturated carbocycles. The Hall–Kier alpha value is -1.82. The molecule has 104 valence electrons. The van der Waals surface area contributed by atoms with E-state index in [0.717, 1.165) is 26.1 Å². The highest BCUT2D eigenvalue weighted by molar-refractivity contribution is 5.98. The molecule has 0 bridgehead atoms. The molecule has 6 nitrogen and oxygen atoms in total. The lowest BCUT2D eigenvalue weighted by atomic mass is 9.93. The molecule has 1 amide bonds. The Labute approximate surface area is 112 Å². The van der Waals surface area contributed by atoms with E-state index in [2.05, 4.69) is 17.2 Å². The Morgan fingerprint density at radius 2 is 2.21 bits per heavy atom. The number of hydrogen-bond donors (Lipinski definition) is 3. The normalized spacial score (nSPS) is 17.9. The topological polar surface area (TPSA) is 103 Å².